The first-order valence-corrected chi connectivity index (χ1v) is 9.84. The molecule has 0 aliphatic rings. The van der Waals surface area contributed by atoms with Gasteiger partial charge in [0.15, 0.2) is 0 Å². The van der Waals surface area contributed by atoms with Crippen LogP contribution in [0.2, 0.25) is 0 Å². The Hall–Kier alpha value is 0.830. The minimum absolute atomic E-state index is 0. The van der Waals surface area contributed by atoms with E-state index in [2.05, 4.69) is 6.92 Å². The van der Waals surface area contributed by atoms with Gasteiger partial charge in [0.25, 0.3) is 10.1 Å². The van der Waals surface area contributed by atoms with Gasteiger partial charge in [-0.2, -0.15) is 8.42 Å². The van der Waals surface area contributed by atoms with Crippen molar-refractivity contribution in [1.29, 1.82) is 0 Å². The van der Waals surface area contributed by atoms with E-state index in [9.17, 15) is 13.5 Å². The SMILES string of the molecule is CCCCCCCCCCCCOS(=O)(=O)CC(O)CN.[NaH]. The number of aliphatic hydroxyl groups is 1. The third-order valence-electron chi connectivity index (χ3n) is 3.43. The monoisotopic (exact) mass is 347 g/mol. The van der Waals surface area contributed by atoms with Crippen molar-refractivity contribution in [2.45, 2.75) is 77.2 Å². The van der Waals surface area contributed by atoms with E-state index < -0.39 is 22.0 Å². The molecule has 0 aliphatic heterocycles. The van der Waals surface area contributed by atoms with Crippen molar-refractivity contribution in [2.24, 2.45) is 5.73 Å². The molecule has 0 saturated heterocycles. The first-order valence-electron chi connectivity index (χ1n) is 8.27. The third kappa shape index (κ3) is 17.2. The van der Waals surface area contributed by atoms with E-state index >= 15 is 0 Å². The molecule has 22 heavy (non-hydrogen) atoms. The van der Waals surface area contributed by atoms with Gasteiger partial charge in [0.05, 0.1) is 12.7 Å². The van der Waals surface area contributed by atoms with Crippen molar-refractivity contribution in [2.75, 3.05) is 18.9 Å². The molecule has 130 valence electrons. The molecular formula is C15H34NNaO4S. The first-order chi connectivity index (χ1) is 10.0. The summed E-state index contributed by atoms with van der Waals surface area (Å²) in [6, 6.07) is 0. The summed E-state index contributed by atoms with van der Waals surface area (Å²) in [6.07, 6.45) is 10.9. The Bertz CT molecular complexity index is 326. The molecule has 0 radical (unpaired) electrons. The molecule has 5 nitrogen and oxygen atoms in total. The molecule has 0 heterocycles. The maximum absolute atomic E-state index is 11.4. The summed E-state index contributed by atoms with van der Waals surface area (Å²) in [6.45, 7) is 2.36. The van der Waals surface area contributed by atoms with Crippen molar-refractivity contribution < 1.29 is 17.7 Å². The molecule has 0 aromatic rings. The van der Waals surface area contributed by atoms with E-state index in [-0.39, 0.29) is 42.7 Å². The fourth-order valence-corrected chi connectivity index (χ4v) is 3.20. The average Bonchev–Trinajstić information content (AvgIpc) is 2.44. The second-order valence-electron chi connectivity index (χ2n) is 5.62. The second-order valence-corrected chi connectivity index (χ2v) is 7.30. The molecular weight excluding hydrogens is 313 g/mol. The zero-order chi connectivity index (χ0) is 16.0. The van der Waals surface area contributed by atoms with Crippen LogP contribution in [0.1, 0.15) is 71.1 Å². The summed E-state index contributed by atoms with van der Waals surface area (Å²) >= 11 is 0. The van der Waals surface area contributed by atoms with E-state index in [0.29, 0.717) is 0 Å². The van der Waals surface area contributed by atoms with Crippen LogP contribution in [0.4, 0.5) is 0 Å². The molecule has 1 atom stereocenters. The summed E-state index contributed by atoms with van der Waals surface area (Å²) < 4.78 is 27.7. The Morgan fingerprint density at radius 2 is 1.41 bits per heavy atom. The fraction of sp³-hybridized carbons (Fsp3) is 1.00. The van der Waals surface area contributed by atoms with Gasteiger partial charge in [0.1, 0.15) is 5.75 Å². The van der Waals surface area contributed by atoms with E-state index in [1.165, 1.54) is 44.9 Å². The molecule has 0 aromatic carbocycles. The van der Waals surface area contributed by atoms with Crippen LogP contribution in [-0.2, 0) is 14.3 Å². The molecule has 0 amide bonds. The molecule has 0 bridgehead atoms. The molecule has 0 aromatic heterocycles. The first kappa shape index (κ1) is 25.1. The predicted molar refractivity (Wildman–Crippen MR) is 93.8 cm³/mol. The van der Waals surface area contributed by atoms with Crippen molar-refractivity contribution in [1.82, 2.24) is 0 Å². The molecule has 0 fully saturated rings. The van der Waals surface area contributed by atoms with Crippen LogP contribution in [0.15, 0.2) is 0 Å². The van der Waals surface area contributed by atoms with Gasteiger partial charge in [0, 0.05) is 6.54 Å². The molecule has 7 heteroatoms. The van der Waals surface area contributed by atoms with Gasteiger partial charge in [-0.1, -0.05) is 64.7 Å². The fourth-order valence-electron chi connectivity index (χ4n) is 2.13. The number of aliphatic hydroxyl groups excluding tert-OH is 1. The van der Waals surface area contributed by atoms with Crippen LogP contribution in [0.5, 0.6) is 0 Å². The summed E-state index contributed by atoms with van der Waals surface area (Å²) in [5.74, 6) is -0.415. The van der Waals surface area contributed by atoms with Gasteiger partial charge in [-0.3, -0.25) is 4.18 Å². The molecule has 1 unspecified atom stereocenters. The summed E-state index contributed by atoms with van der Waals surface area (Å²) in [5.41, 5.74) is 5.17. The summed E-state index contributed by atoms with van der Waals surface area (Å²) in [4.78, 5) is 0. The Kier molecular flexibility index (Phi) is 19.0. The third-order valence-corrected chi connectivity index (χ3v) is 4.75. The topological polar surface area (TPSA) is 89.6 Å². The van der Waals surface area contributed by atoms with Gasteiger partial charge in [-0.15, -0.1) is 0 Å². The van der Waals surface area contributed by atoms with Crippen molar-refractivity contribution in [3.8, 4) is 0 Å². The zero-order valence-corrected chi connectivity index (χ0v) is 14.2. The number of hydrogen-bond acceptors (Lipinski definition) is 5. The van der Waals surface area contributed by atoms with Crippen LogP contribution < -0.4 is 5.73 Å². The normalized spacial score (nSPS) is 12.9. The molecule has 0 aliphatic carbocycles. The van der Waals surface area contributed by atoms with Crippen LogP contribution in [0.3, 0.4) is 0 Å². The zero-order valence-electron chi connectivity index (χ0n) is 13.4. The standard InChI is InChI=1S/C15H33NO4S.Na.H/c1-2-3-4-5-6-7-8-9-10-11-12-20-21(18,19)14-15(17)13-16;;/h15,17H,2-14,16H2,1H3;;. The Labute approximate surface area is 158 Å². The van der Waals surface area contributed by atoms with Crippen LogP contribution in [-0.4, -0.2) is 68.1 Å². The van der Waals surface area contributed by atoms with Crippen molar-refractivity contribution in [3.05, 3.63) is 0 Å². The van der Waals surface area contributed by atoms with Gasteiger partial charge in [-0.25, -0.2) is 0 Å². The Balaban J connectivity index is 0. The number of rotatable bonds is 15. The maximum atomic E-state index is 11.4. The molecule has 0 spiro atoms. The van der Waals surface area contributed by atoms with E-state index in [1.807, 2.05) is 0 Å². The van der Waals surface area contributed by atoms with Gasteiger partial charge >= 0.3 is 29.6 Å². The molecule has 0 rings (SSSR count). The van der Waals surface area contributed by atoms with Crippen LogP contribution in [0, 0.1) is 0 Å². The predicted octanol–water partition coefficient (Wildman–Crippen LogP) is 1.92. The van der Waals surface area contributed by atoms with Gasteiger partial charge in [0.2, 0.25) is 0 Å². The number of nitrogens with two attached hydrogens (primary N) is 1. The Morgan fingerprint density at radius 1 is 0.955 bits per heavy atom. The molecule has 3 N–H and O–H groups in total. The van der Waals surface area contributed by atoms with E-state index in [4.69, 9.17) is 9.92 Å². The van der Waals surface area contributed by atoms with Gasteiger partial charge in [-0.05, 0) is 6.42 Å². The van der Waals surface area contributed by atoms with Crippen LogP contribution in [0.25, 0.3) is 0 Å². The Morgan fingerprint density at radius 3 is 1.86 bits per heavy atom. The van der Waals surface area contributed by atoms with E-state index in [0.717, 1.165) is 19.3 Å². The number of unbranched alkanes of at least 4 members (excludes halogenated alkanes) is 9. The van der Waals surface area contributed by atoms with Gasteiger partial charge < -0.3 is 10.8 Å². The quantitative estimate of drug-likeness (QED) is 0.268. The van der Waals surface area contributed by atoms with E-state index in [1.54, 1.807) is 0 Å². The average molecular weight is 347 g/mol. The second kappa shape index (κ2) is 16.7. The number of hydrogen-bond donors (Lipinski definition) is 2. The summed E-state index contributed by atoms with van der Waals surface area (Å²) in [5, 5.41) is 9.19. The minimum atomic E-state index is -3.63. The molecule has 0 saturated carbocycles. The van der Waals surface area contributed by atoms with Crippen molar-refractivity contribution in [3.63, 3.8) is 0 Å². The van der Waals surface area contributed by atoms with Crippen molar-refractivity contribution >= 4 is 39.7 Å². The van der Waals surface area contributed by atoms with Crippen LogP contribution >= 0.6 is 0 Å². The summed E-state index contributed by atoms with van der Waals surface area (Å²) in [7, 11) is -3.63.